The molecular weight excluding hydrogens is 408 g/mol. The summed E-state index contributed by atoms with van der Waals surface area (Å²) in [7, 11) is -1.15. The average molecular weight is 432 g/mol. The molecule has 0 unspecified atom stereocenters. The van der Waals surface area contributed by atoms with Crippen LogP contribution in [-0.2, 0) is 26.1 Å². The molecule has 1 saturated carbocycles. The molecule has 1 amide bonds. The Balaban J connectivity index is 1.77. The van der Waals surface area contributed by atoms with Crippen molar-refractivity contribution in [2.45, 2.75) is 30.3 Å². The number of ether oxygens (including phenoxy) is 2. The van der Waals surface area contributed by atoms with Crippen molar-refractivity contribution >= 4 is 21.9 Å². The monoisotopic (exact) mass is 432 g/mol. The van der Waals surface area contributed by atoms with Crippen LogP contribution in [0.15, 0.2) is 53.4 Å². The maximum atomic E-state index is 13.1. The number of nitrogens with zero attached hydrogens (tertiary/aromatic N) is 1. The van der Waals surface area contributed by atoms with Crippen molar-refractivity contribution in [2.75, 3.05) is 20.8 Å². The zero-order valence-corrected chi connectivity index (χ0v) is 17.6. The van der Waals surface area contributed by atoms with Crippen LogP contribution in [0.5, 0.6) is 5.75 Å². The smallest absolute Gasteiger partial charge is 0.338 e. The molecule has 3 rings (SSSR count). The van der Waals surface area contributed by atoms with Crippen LogP contribution in [0.2, 0.25) is 0 Å². The zero-order chi connectivity index (χ0) is 21.7. The van der Waals surface area contributed by atoms with Gasteiger partial charge in [0.1, 0.15) is 10.6 Å². The second-order valence-corrected chi connectivity index (χ2v) is 9.04. The summed E-state index contributed by atoms with van der Waals surface area (Å²) in [5, 5.41) is 2.71. The SMILES string of the molecule is COc1ccc(C(=O)OCC(=O)NC2CC2)cc1S(=O)(=O)N(C)Cc1ccccc1. The van der Waals surface area contributed by atoms with Crippen LogP contribution in [0.3, 0.4) is 0 Å². The van der Waals surface area contributed by atoms with E-state index in [9.17, 15) is 18.0 Å². The first-order chi connectivity index (χ1) is 14.3. The number of methoxy groups -OCH3 is 1. The van der Waals surface area contributed by atoms with Gasteiger partial charge < -0.3 is 14.8 Å². The summed E-state index contributed by atoms with van der Waals surface area (Å²) in [6, 6.07) is 13.3. The van der Waals surface area contributed by atoms with Crippen molar-refractivity contribution in [3.8, 4) is 5.75 Å². The maximum Gasteiger partial charge on any atom is 0.338 e. The second-order valence-electron chi connectivity index (χ2n) is 7.03. The third-order valence-corrected chi connectivity index (χ3v) is 6.44. The lowest BCUT2D eigenvalue weighted by molar-refractivity contribution is -0.124. The van der Waals surface area contributed by atoms with Crippen molar-refractivity contribution in [1.29, 1.82) is 0 Å². The first kappa shape index (κ1) is 21.8. The van der Waals surface area contributed by atoms with Gasteiger partial charge in [-0.1, -0.05) is 30.3 Å². The van der Waals surface area contributed by atoms with E-state index in [0.717, 1.165) is 18.4 Å². The van der Waals surface area contributed by atoms with E-state index in [0.29, 0.717) is 0 Å². The number of hydrogen-bond donors (Lipinski definition) is 1. The fourth-order valence-corrected chi connectivity index (χ4v) is 4.15. The summed E-state index contributed by atoms with van der Waals surface area (Å²) in [6.45, 7) is -0.264. The Kier molecular flexibility index (Phi) is 6.73. The van der Waals surface area contributed by atoms with E-state index < -0.39 is 22.6 Å². The van der Waals surface area contributed by atoms with Gasteiger partial charge in [-0.2, -0.15) is 4.31 Å². The fourth-order valence-electron chi connectivity index (χ4n) is 2.81. The summed E-state index contributed by atoms with van der Waals surface area (Å²) in [4.78, 5) is 23.9. The average Bonchev–Trinajstić information content (AvgIpc) is 3.56. The summed E-state index contributed by atoms with van der Waals surface area (Å²) >= 11 is 0. The van der Waals surface area contributed by atoms with Gasteiger partial charge in [0.2, 0.25) is 10.0 Å². The highest BCUT2D eigenvalue weighted by Gasteiger charge is 2.27. The largest absolute Gasteiger partial charge is 0.495 e. The van der Waals surface area contributed by atoms with Gasteiger partial charge >= 0.3 is 5.97 Å². The Morgan fingerprint density at radius 3 is 2.47 bits per heavy atom. The number of hydrogen-bond acceptors (Lipinski definition) is 6. The van der Waals surface area contributed by atoms with Crippen LogP contribution in [-0.4, -0.2) is 51.4 Å². The van der Waals surface area contributed by atoms with Crippen molar-refractivity contribution in [3.05, 3.63) is 59.7 Å². The molecule has 1 aliphatic carbocycles. The van der Waals surface area contributed by atoms with Gasteiger partial charge in [-0.15, -0.1) is 0 Å². The fraction of sp³-hybridized carbons (Fsp3) is 0.333. The second kappa shape index (κ2) is 9.27. The molecule has 0 saturated heterocycles. The van der Waals surface area contributed by atoms with E-state index in [2.05, 4.69) is 5.32 Å². The predicted octanol–water partition coefficient (Wildman–Crippen LogP) is 1.95. The lowest BCUT2D eigenvalue weighted by atomic mass is 10.2. The number of amides is 1. The van der Waals surface area contributed by atoms with Gasteiger partial charge in [0.15, 0.2) is 6.61 Å². The van der Waals surface area contributed by atoms with Gasteiger partial charge in [-0.05, 0) is 36.6 Å². The predicted molar refractivity (Wildman–Crippen MR) is 110 cm³/mol. The lowest BCUT2D eigenvalue weighted by Gasteiger charge is -2.19. The van der Waals surface area contributed by atoms with Gasteiger partial charge in [0.05, 0.1) is 12.7 Å². The molecule has 0 aliphatic heterocycles. The van der Waals surface area contributed by atoms with E-state index in [1.165, 1.54) is 36.7 Å². The van der Waals surface area contributed by atoms with Crippen molar-refractivity contribution in [1.82, 2.24) is 9.62 Å². The van der Waals surface area contributed by atoms with E-state index in [-0.39, 0.29) is 34.7 Å². The first-order valence-electron chi connectivity index (χ1n) is 9.46. The van der Waals surface area contributed by atoms with Crippen LogP contribution in [0.1, 0.15) is 28.8 Å². The molecule has 9 heteroatoms. The number of benzene rings is 2. The Hall–Kier alpha value is -2.91. The highest BCUT2D eigenvalue weighted by atomic mass is 32.2. The molecule has 0 bridgehead atoms. The van der Waals surface area contributed by atoms with Crippen molar-refractivity contribution in [2.24, 2.45) is 0 Å². The third-order valence-electron chi connectivity index (χ3n) is 4.61. The topological polar surface area (TPSA) is 102 Å². The van der Waals surface area contributed by atoms with Gasteiger partial charge in [0.25, 0.3) is 5.91 Å². The number of sulfonamides is 1. The normalized spacial score (nSPS) is 13.7. The number of carbonyl (C=O) groups is 2. The van der Waals surface area contributed by atoms with Crippen LogP contribution < -0.4 is 10.1 Å². The molecule has 2 aromatic carbocycles. The summed E-state index contributed by atoms with van der Waals surface area (Å²) in [5.41, 5.74) is 0.835. The molecule has 0 spiro atoms. The molecular formula is C21H24N2O6S. The Morgan fingerprint density at radius 1 is 1.13 bits per heavy atom. The van der Waals surface area contributed by atoms with Crippen LogP contribution >= 0.6 is 0 Å². The molecule has 0 radical (unpaired) electrons. The molecule has 0 aromatic heterocycles. The number of nitrogens with one attached hydrogen (secondary N) is 1. The van der Waals surface area contributed by atoms with Gasteiger partial charge in [-0.3, -0.25) is 4.79 Å². The van der Waals surface area contributed by atoms with Crippen LogP contribution in [0.25, 0.3) is 0 Å². The molecule has 0 atom stereocenters. The molecule has 1 aliphatic rings. The summed E-state index contributed by atoms with van der Waals surface area (Å²) in [6.07, 6.45) is 1.85. The molecule has 1 N–H and O–H groups in total. The van der Waals surface area contributed by atoms with Gasteiger partial charge in [-0.25, -0.2) is 13.2 Å². The number of rotatable bonds is 9. The molecule has 1 fully saturated rings. The minimum atomic E-state index is -3.95. The summed E-state index contributed by atoms with van der Waals surface area (Å²) in [5.74, 6) is -1.06. The summed E-state index contributed by atoms with van der Waals surface area (Å²) < 4.78 is 37.6. The molecule has 2 aromatic rings. The van der Waals surface area contributed by atoms with E-state index >= 15 is 0 Å². The van der Waals surface area contributed by atoms with Crippen molar-refractivity contribution < 1.29 is 27.5 Å². The van der Waals surface area contributed by atoms with Gasteiger partial charge in [0, 0.05) is 19.6 Å². The number of esters is 1. The Labute approximate surface area is 175 Å². The maximum absolute atomic E-state index is 13.1. The molecule has 30 heavy (non-hydrogen) atoms. The van der Waals surface area contributed by atoms with Crippen molar-refractivity contribution in [3.63, 3.8) is 0 Å². The highest BCUT2D eigenvalue weighted by molar-refractivity contribution is 7.89. The zero-order valence-electron chi connectivity index (χ0n) is 16.8. The standard InChI is InChI=1S/C21H24N2O6S/c1-23(13-15-6-4-3-5-7-15)30(26,27)19-12-16(8-11-18(19)28-2)21(25)29-14-20(24)22-17-9-10-17/h3-8,11-12,17H,9-10,13-14H2,1-2H3,(H,22,24). The lowest BCUT2D eigenvalue weighted by Crippen LogP contribution is -2.30. The third kappa shape index (κ3) is 5.37. The highest BCUT2D eigenvalue weighted by Crippen LogP contribution is 2.28. The number of carbonyl (C=O) groups excluding carboxylic acids is 2. The molecule has 0 heterocycles. The Bertz CT molecular complexity index is 1020. The van der Waals surface area contributed by atoms with Crippen LogP contribution in [0, 0.1) is 0 Å². The first-order valence-corrected chi connectivity index (χ1v) is 10.9. The minimum absolute atomic E-state index is 0.0155. The van der Waals surface area contributed by atoms with E-state index in [1.54, 1.807) is 0 Å². The van der Waals surface area contributed by atoms with E-state index in [4.69, 9.17) is 9.47 Å². The molecule has 160 valence electrons. The van der Waals surface area contributed by atoms with Crippen LogP contribution in [0.4, 0.5) is 0 Å². The Morgan fingerprint density at radius 2 is 1.83 bits per heavy atom. The van der Waals surface area contributed by atoms with E-state index in [1.807, 2.05) is 30.3 Å². The molecule has 8 nitrogen and oxygen atoms in total. The minimum Gasteiger partial charge on any atom is -0.495 e. The quantitative estimate of drug-likeness (QED) is 0.608.